The molecule has 1 saturated heterocycles. The van der Waals surface area contributed by atoms with Crippen molar-refractivity contribution in [1.29, 1.82) is 0 Å². The van der Waals surface area contributed by atoms with E-state index in [1.807, 2.05) is 25.1 Å². The van der Waals surface area contributed by atoms with Crippen LogP contribution in [0.5, 0.6) is 0 Å². The van der Waals surface area contributed by atoms with Crippen molar-refractivity contribution in [3.63, 3.8) is 0 Å². The van der Waals surface area contributed by atoms with Gasteiger partial charge < -0.3 is 14.2 Å². The summed E-state index contributed by atoms with van der Waals surface area (Å²) in [6.45, 7) is 3.71. The minimum Gasteiger partial charge on any atom is -0.466 e. The SMILES string of the molecule is CCOC(=O)C1CCN(c2ccc(-c3nc(-c4ccc(Cl)cc4)no3)nn2)CC1. The number of halogens is 1. The molecule has 0 spiro atoms. The predicted octanol–water partition coefficient (Wildman–Crippen LogP) is 3.63. The van der Waals surface area contributed by atoms with Crippen molar-refractivity contribution in [2.24, 2.45) is 5.92 Å². The molecule has 1 aliphatic heterocycles. The van der Waals surface area contributed by atoms with Gasteiger partial charge in [-0.2, -0.15) is 4.98 Å². The first kappa shape index (κ1) is 19.3. The zero-order valence-corrected chi connectivity index (χ0v) is 16.7. The van der Waals surface area contributed by atoms with Gasteiger partial charge >= 0.3 is 5.97 Å². The smallest absolute Gasteiger partial charge is 0.309 e. The highest BCUT2D eigenvalue weighted by Gasteiger charge is 2.26. The fraction of sp³-hybridized carbons (Fsp3) is 0.350. The summed E-state index contributed by atoms with van der Waals surface area (Å²) in [5.41, 5.74) is 1.31. The van der Waals surface area contributed by atoms with E-state index in [1.54, 1.807) is 18.2 Å². The molecular weight excluding hydrogens is 394 g/mol. The molecule has 0 saturated carbocycles. The molecule has 2 aromatic heterocycles. The Morgan fingerprint density at radius 3 is 2.59 bits per heavy atom. The number of piperidine rings is 1. The molecule has 150 valence electrons. The third-order valence-corrected chi connectivity index (χ3v) is 5.09. The van der Waals surface area contributed by atoms with Crippen LogP contribution in [0.15, 0.2) is 40.9 Å². The Balaban J connectivity index is 1.41. The molecular formula is C20H20ClN5O3. The molecule has 8 nitrogen and oxygen atoms in total. The highest BCUT2D eigenvalue weighted by molar-refractivity contribution is 6.30. The minimum absolute atomic E-state index is 0.0388. The molecule has 3 heterocycles. The molecule has 0 radical (unpaired) electrons. The quantitative estimate of drug-likeness (QED) is 0.585. The number of ether oxygens (including phenoxy) is 1. The van der Waals surface area contributed by atoms with E-state index in [4.69, 9.17) is 20.9 Å². The summed E-state index contributed by atoms with van der Waals surface area (Å²) in [6, 6.07) is 10.9. The van der Waals surface area contributed by atoms with Gasteiger partial charge in [0.2, 0.25) is 5.82 Å². The number of benzene rings is 1. The van der Waals surface area contributed by atoms with E-state index in [-0.39, 0.29) is 11.9 Å². The maximum Gasteiger partial charge on any atom is 0.309 e. The molecule has 29 heavy (non-hydrogen) atoms. The number of hydrogen-bond donors (Lipinski definition) is 0. The largest absolute Gasteiger partial charge is 0.466 e. The van der Waals surface area contributed by atoms with E-state index >= 15 is 0 Å². The van der Waals surface area contributed by atoms with E-state index in [0.717, 1.165) is 37.3 Å². The number of anilines is 1. The lowest BCUT2D eigenvalue weighted by atomic mass is 9.97. The molecule has 1 aliphatic rings. The highest BCUT2D eigenvalue weighted by atomic mass is 35.5. The van der Waals surface area contributed by atoms with Crippen molar-refractivity contribution < 1.29 is 14.1 Å². The normalized spacial score (nSPS) is 14.8. The summed E-state index contributed by atoms with van der Waals surface area (Å²) in [4.78, 5) is 18.4. The Bertz CT molecular complexity index is 967. The van der Waals surface area contributed by atoms with Gasteiger partial charge in [-0.05, 0) is 56.2 Å². The summed E-state index contributed by atoms with van der Waals surface area (Å²) in [7, 11) is 0. The Morgan fingerprint density at radius 2 is 1.93 bits per heavy atom. The molecule has 9 heteroatoms. The first-order chi connectivity index (χ1) is 14.1. The summed E-state index contributed by atoms with van der Waals surface area (Å²) >= 11 is 5.91. The second-order valence-electron chi connectivity index (χ2n) is 6.72. The van der Waals surface area contributed by atoms with Crippen molar-refractivity contribution in [2.75, 3.05) is 24.6 Å². The van der Waals surface area contributed by atoms with Crippen LogP contribution in [0.4, 0.5) is 5.82 Å². The van der Waals surface area contributed by atoms with Gasteiger partial charge in [0.25, 0.3) is 5.89 Å². The summed E-state index contributed by atoms with van der Waals surface area (Å²) in [5.74, 6) is 1.37. The summed E-state index contributed by atoms with van der Waals surface area (Å²) < 4.78 is 10.4. The van der Waals surface area contributed by atoms with Crippen molar-refractivity contribution in [1.82, 2.24) is 20.3 Å². The topological polar surface area (TPSA) is 94.2 Å². The van der Waals surface area contributed by atoms with Crippen molar-refractivity contribution >= 4 is 23.4 Å². The van der Waals surface area contributed by atoms with Crippen LogP contribution < -0.4 is 4.90 Å². The Kier molecular flexibility index (Phi) is 5.71. The van der Waals surface area contributed by atoms with Crippen LogP contribution in [-0.2, 0) is 9.53 Å². The van der Waals surface area contributed by atoms with Crippen molar-refractivity contribution in [3.05, 3.63) is 41.4 Å². The summed E-state index contributed by atoms with van der Waals surface area (Å²) in [6.07, 6.45) is 1.49. The number of carbonyl (C=O) groups is 1. The van der Waals surface area contributed by atoms with Gasteiger partial charge in [0, 0.05) is 23.7 Å². The van der Waals surface area contributed by atoms with Crippen LogP contribution >= 0.6 is 11.6 Å². The van der Waals surface area contributed by atoms with Crippen LogP contribution in [0.3, 0.4) is 0 Å². The maximum atomic E-state index is 11.9. The lowest BCUT2D eigenvalue weighted by molar-refractivity contribution is -0.148. The monoisotopic (exact) mass is 413 g/mol. The van der Waals surface area contributed by atoms with Crippen LogP contribution in [0, 0.1) is 5.92 Å². The zero-order valence-electron chi connectivity index (χ0n) is 15.9. The van der Waals surface area contributed by atoms with E-state index < -0.39 is 0 Å². The molecule has 0 aliphatic carbocycles. The first-order valence-corrected chi connectivity index (χ1v) is 9.87. The first-order valence-electron chi connectivity index (χ1n) is 9.49. The fourth-order valence-electron chi connectivity index (χ4n) is 3.26. The van der Waals surface area contributed by atoms with Gasteiger partial charge in [-0.25, -0.2) is 0 Å². The maximum absolute atomic E-state index is 11.9. The van der Waals surface area contributed by atoms with E-state index in [0.29, 0.717) is 29.0 Å². The molecule has 0 amide bonds. The van der Waals surface area contributed by atoms with Crippen LogP contribution in [-0.4, -0.2) is 46.0 Å². The molecule has 0 atom stereocenters. The minimum atomic E-state index is -0.110. The molecule has 1 fully saturated rings. The van der Waals surface area contributed by atoms with Crippen molar-refractivity contribution in [2.45, 2.75) is 19.8 Å². The third kappa shape index (κ3) is 4.37. The Hall–Kier alpha value is -3.00. The number of nitrogens with zero attached hydrogens (tertiary/aromatic N) is 5. The average molecular weight is 414 g/mol. The fourth-order valence-corrected chi connectivity index (χ4v) is 3.38. The molecule has 0 unspecified atom stereocenters. The lowest BCUT2D eigenvalue weighted by Gasteiger charge is -2.31. The van der Waals surface area contributed by atoms with Gasteiger partial charge in [0.15, 0.2) is 11.5 Å². The zero-order chi connectivity index (χ0) is 20.2. The lowest BCUT2D eigenvalue weighted by Crippen LogP contribution is -2.37. The van der Waals surface area contributed by atoms with E-state index in [2.05, 4.69) is 25.2 Å². The van der Waals surface area contributed by atoms with Gasteiger partial charge in [-0.3, -0.25) is 4.79 Å². The highest BCUT2D eigenvalue weighted by Crippen LogP contribution is 2.25. The molecule has 1 aromatic carbocycles. The average Bonchev–Trinajstić information content (AvgIpc) is 3.25. The molecule has 3 aromatic rings. The van der Waals surface area contributed by atoms with Crippen molar-refractivity contribution in [3.8, 4) is 23.0 Å². The summed E-state index contributed by atoms with van der Waals surface area (Å²) in [5, 5.41) is 13.2. The predicted molar refractivity (Wildman–Crippen MR) is 107 cm³/mol. The standard InChI is InChI=1S/C20H20ClN5O3/c1-2-28-20(27)14-9-11-26(12-10-14)17-8-7-16(23-24-17)19-22-18(25-29-19)13-3-5-15(21)6-4-13/h3-8,14H,2,9-12H2,1H3. The van der Waals surface area contributed by atoms with Crippen LogP contribution in [0.2, 0.25) is 5.02 Å². The van der Waals surface area contributed by atoms with Gasteiger partial charge in [0.05, 0.1) is 12.5 Å². The third-order valence-electron chi connectivity index (χ3n) is 4.84. The van der Waals surface area contributed by atoms with E-state index in [9.17, 15) is 4.79 Å². The van der Waals surface area contributed by atoms with Gasteiger partial charge in [-0.1, -0.05) is 16.8 Å². The van der Waals surface area contributed by atoms with E-state index in [1.165, 1.54) is 0 Å². The molecule has 0 bridgehead atoms. The second-order valence-corrected chi connectivity index (χ2v) is 7.16. The number of rotatable bonds is 5. The Morgan fingerprint density at radius 1 is 1.17 bits per heavy atom. The number of aromatic nitrogens is 4. The van der Waals surface area contributed by atoms with Gasteiger partial charge in [0.1, 0.15) is 0 Å². The molecule has 4 rings (SSSR count). The Labute approximate surface area is 172 Å². The van der Waals surface area contributed by atoms with Gasteiger partial charge in [-0.15, -0.1) is 10.2 Å². The number of hydrogen-bond acceptors (Lipinski definition) is 8. The number of carbonyl (C=O) groups excluding carboxylic acids is 1. The van der Waals surface area contributed by atoms with Crippen LogP contribution in [0.1, 0.15) is 19.8 Å². The second kappa shape index (κ2) is 8.57. The number of esters is 1. The van der Waals surface area contributed by atoms with Crippen LogP contribution in [0.25, 0.3) is 23.0 Å². The molecule has 0 N–H and O–H groups in total.